The quantitative estimate of drug-likeness (QED) is 0.193. The molecule has 0 radical (unpaired) electrons. The van der Waals surface area contributed by atoms with Gasteiger partial charge in [-0.2, -0.15) is 13.2 Å². The lowest BCUT2D eigenvalue weighted by Gasteiger charge is -2.34. The van der Waals surface area contributed by atoms with Crippen molar-refractivity contribution in [3.8, 4) is 11.5 Å². The zero-order valence-electron chi connectivity index (χ0n) is 21.9. The third-order valence-corrected chi connectivity index (χ3v) is 6.84. The Morgan fingerprint density at radius 3 is 1.30 bits per heavy atom. The number of alkyl halides is 3. The number of carbonyl (C=O) groups is 2. The van der Waals surface area contributed by atoms with Crippen molar-refractivity contribution >= 4 is 23.2 Å². The van der Waals surface area contributed by atoms with Gasteiger partial charge in [-0.05, 0) is 80.4 Å². The fraction of sp³-hybridized carbons (Fsp3) is 0.161. The van der Waals surface area contributed by atoms with Crippen molar-refractivity contribution in [1.29, 1.82) is 0 Å². The normalized spacial score (nSPS) is 11.7. The molecule has 4 N–H and O–H groups in total. The summed E-state index contributed by atoms with van der Waals surface area (Å²) in [6.45, 7) is 4.64. The van der Waals surface area contributed by atoms with E-state index in [1.165, 1.54) is 0 Å². The number of benzene rings is 4. The van der Waals surface area contributed by atoms with E-state index in [2.05, 4.69) is 10.6 Å². The molecule has 0 aliphatic heterocycles. The number of carbonyl (C=O) groups excluding carboxylic acids is 2. The second kappa shape index (κ2) is 10.8. The molecule has 0 bridgehead atoms. The van der Waals surface area contributed by atoms with Crippen LogP contribution in [0.2, 0.25) is 0 Å². The van der Waals surface area contributed by atoms with Crippen LogP contribution in [0.5, 0.6) is 11.5 Å². The maximum atomic E-state index is 14.8. The SMILES string of the molecule is Cc1ccc(C(=O)Nc2cc(C(C)(c3ccc(O)c(NC(=O)c4ccc(C)cc4)c3)C(F)(F)F)ccc2O)cc1. The molecular formula is C31H27F3N2O4. The number of amides is 2. The first-order chi connectivity index (χ1) is 18.8. The molecule has 0 atom stereocenters. The molecule has 0 aliphatic carbocycles. The Labute approximate surface area is 229 Å². The van der Waals surface area contributed by atoms with E-state index < -0.39 is 34.9 Å². The van der Waals surface area contributed by atoms with E-state index in [1.54, 1.807) is 48.5 Å². The zero-order chi connectivity index (χ0) is 29.2. The molecule has 0 spiro atoms. The number of hydrogen-bond donors (Lipinski definition) is 4. The number of nitrogens with one attached hydrogen (secondary N) is 2. The summed E-state index contributed by atoms with van der Waals surface area (Å²) in [5.41, 5.74) is -1.24. The molecule has 9 heteroatoms. The summed E-state index contributed by atoms with van der Waals surface area (Å²) in [6.07, 6.45) is -4.85. The van der Waals surface area contributed by atoms with E-state index in [0.717, 1.165) is 54.4 Å². The van der Waals surface area contributed by atoms with Crippen LogP contribution < -0.4 is 10.6 Å². The smallest absolute Gasteiger partial charge is 0.402 e. The molecule has 2 amide bonds. The average Bonchev–Trinajstić information content (AvgIpc) is 2.90. The average molecular weight is 549 g/mol. The third kappa shape index (κ3) is 5.63. The Morgan fingerprint density at radius 2 is 0.975 bits per heavy atom. The summed E-state index contributed by atoms with van der Waals surface area (Å²) < 4.78 is 44.3. The van der Waals surface area contributed by atoms with Crippen LogP contribution in [0.3, 0.4) is 0 Å². The van der Waals surface area contributed by atoms with E-state index in [0.29, 0.717) is 0 Å². The van der Waals surface area contributed by atoms with Crippen molar-refractivity contribution < 1.29 is 33.0 Å². The van der Waals surface area contributed by atoms with Crippen LogP contribution in [0.25, 0.3) is 0 Å². The lowest BCUT2D eigenvalue weighted by Crippen LogP contribution is -2.40. The van der Waals surface area contributed by atoms with Gasteiger partial charge in [-0.25, -0.2) is 0 Å². The first-order valence-corrected chi connectivity index (χ1v) is 12.3. The Kier molecular flexibility index (Phi) is 7.59. The molecule has 206 valence electrons. The molecule has 0 heterocycles. The maximum Gasteiger partial charge on any atom is 0.402 e. The van der Waals surface area contributed by atoms with E-state index in [-0.39, 0.29) is 33.6 Å². The minimum absolute atomic E-state index is 0.203. The summed E-state index contributed by atoms with van der Waals surface area (Å²) in [6, 6.07) is 19.6. The fourth-order valence-corrected chi connectivity index (χ4v) is 4.19. The van der Waals surface area contributed by atoms with Crippen molar-refractivity contribution in [3.63, 3.8) is 0 Å². The summed E-state index contributed by atoms with van der Waals surface area (Å²) >= 11 is 0. The topological polar surface area (TPSA) is 98.7 Å². The number of hydrogen-bond acceptors (Lipinski definition) is 4. The molecule has 4 rings (SSSR count). The summed E-state index contributed by atoms with van der Waals surface area (Å²) in [5, 5.41) is 25.6. The van der Waals surface area contributed by atoms with Gasteiger partial charge in [-0.3, -0.25) is 9.59 Å². The predicted molar refractivity (Wildman–Crippen MR) is 147 cm³/mol. The Morgan fingerprint density at radius 1 is 0.625 bits per heavy atom. The standard InChI is InChI=1S/C31H27F3N2O4/c1-18-4-8-20(9-5-18)28(39)35-24-16-22(12-14-26(24)37)30(3,31(32,33)34)23-13-15-27(38)25(17-23)36-29(40)21-10-6-19(2)7-11-21/h4-17,37-38H,1-3H3,(H,35,39)(H,36,40). The fourth-order valence-electron chi connectivity index (χ4n) is 4.19. The maximum absolute atomic E-state index is 14.8. The first kappa shape index (κ1) is 28.2. The van der Waals surface area contributed by atoms with Gasteiger partial charge in [0, 0.05) is 11.1 Å². The van der Waals surface area contributed by atoms with Crippen LogP contribution in [0, 0.1) is 13.8 Å². The van der Waals surface area contributed by atoms with E-state index in [4.69, 9.17) is 0 Å². The van der Waals surface area contributed by atoms with Crippen molar-refractivity contribution in [2.75, 3.05) is 10.6 Å². The first-order valence-electron chi connectivity index (χ1n) is 12.3. The molecule has 4 aromatic carbocycles. The molecule has 0 unspecified atom stereocenters. The largest absolute Gasteiger partial charge is 0.506 e. The monoisotopic (exact) mass is 548 g/mol. The number of anilines is 2. The summed E-state index contributed by atoms with van der Waals surface area (Å²) in [5.74, 6) is -2.03. The van der Waals surface area contributed by atoms with Gasteiger partial charge in [0.1, 0.15) is 16.9 Å². The highest BCUT2D eigenvalue weighted by Crippen LogP contribution is 2.48. The van der Waals surface area contributed by atoms with E-state index in [1.807, 2.05) is 13.8 Å². The molecule has 4 aromatic rings. The molecule has 0 fully saturated rings. The van der Waals surface area contributed by atoms with Crippen LogP contribution in [-0.4, -0.2) is 28.2 Å². The van der Waals surface area contributed by atoms with Gasteiger partial charge in [0.25, 0.3) is 11.8 Å². The highest BCUT2D eigenvalue weighted by Gasteiger charge is 2.54. The van der Waals surface area contributed by atoms with Crippen LogP contribution in [0.4, 0.5) is 24.5 Å². The van der Waals surface area contributed by atoms with Crippen molar-refractivity contribution in [2.24, 2.45) is 0 Å². The lowest BCUT2D eigenvalue weighted by molar-refractivity contribution is -0.173. The highest BCUT2D eigenvalue weighted by atomic mass is 19.4. The number of aryl methyl sites for hydroxylation is 2. The van der Waals surface area contributed by atoms with Gasteiger partial charge in [-0.1, -0.05) is 47.5 Å². The predicted octanol–water partition coefficient (Wildman–Crippen LogP) is 7.09. The van der Waals surface area contributed by atoms with Crippen molar-refractivity contribution in [3.05, 3.63) is 118 Å². The molecular weight excluding hydrogens is 521 g/mol. The third-order valence-electron chi connectivity index (χ3n) is 6.84. The minimum atomic E-state index is -4.85. The second-order valence-corrected chi connectivity index (χ2v) is 9.73. The number of halogens is 3. The molecule has 0 aliphatic rings. The van der Waals surface area contributed by atoms with Gasteiger partial charge >= 0.3 is 6.18 Å². The van der Waals surface area contributed by atoms with Crippen LogP contribution in [0.15, 0.2) is 84.9 Å². The summed E-state index contributed by atoms with van der Waals surface area (Å²) in [7, 11) is 0. The van der Waals surface area contributed by atoms with Gasteiger partial charge in [-0.15, -0.1) is 0 Å². The van der Waals surface area contributed by atoms with Crippen LogP contribution in [-0.2, 0) is 5.41 Å². The molecule has 0 saturated heterocycles. The lowest BCUT2D eigenvalue weighted by atomic mass is 9.75. The Hall–Kier alpha value is -4.79. The molecule has 0 saturated carbocycles. The number of aromatic hydroxyl groups is 2. The van der Waals surface area contributed by atoms with Gasteiger partial charge in [0.15, 0.2) is 0 Å². The number of phenols is 2. The van der Waals surface area contributed by atoms with Crippen LogP contribution in [0.1, 0.15) is 49.9 Å². The van der Waals surface area contributed by atoms with Crippen molar-refractivity contribution in [2.45, 2.75) is 32.4 Å². The van der Waals surface area contributed by atoms with Gasteiger partial charge < -0.3 is 20.8 Å². The van der Waals surface area contributed by atoms with Gasteiger partial charge in [0.05, 0.1) is 11.4 Å². The van der Waals surface area contributed by atoms with Crippen molar-refractivity contribution in [1.82, 2.24) is 0 Å². The molecule has 6 nitrogen and oxygen atoms in total. The van der Waals surface area contributed by atoms with E-state index in [9.17, 15) is 33.0 Å². The Balaban J connectivity index is 1.72. The summed E-state index contributed by atoms with van der Waals surface area (Å²) in [4.78, 5) is 25.4. The number of phenolic OH excluding ortho intramolecular Hbond substituents is 2. The van der Waals surface area contributed by atoms with Crippen LogP contribution >= 0.6 is 0 Å². The van der Waals surface area contributed by atoms with Gasteiger partial charge in [0.2, 0.25) is 0 Å². The Bertz CT molecular complexity index is 1450. The minimum Gasteiger partial charge on any atom is -0.506 e. The number of rotatable bonds is 6. The molecule has 40 heavy (non-hydrogen) atoms. The highest BCUT2D eigenvalue weighted by molar-refractivity contribution is 6.05. The van der Waals surface area contributed by atoms with E-state index >= 15 is 0 Å². The second-order valence-electron chi connectivity index (χ2n) is 9.73. The molecule has 0 aromatic heterocycles. The zero-order valence-corrected chi connectivity index (χ0v) is 21.9.